The lowest BCUT2D eigenvalue weighted by Gasteiger charge is -2.15. The van der Waals surface area contributed by atoms with E-state index >= 15 is 0 Å². The second-order valence-electron chi connectivity index (χ2n) is 6.34. The molecule has 1 amide bonds. The number of carbonyl (C=O) groups is 1. The molecule has 0 spiro atoms. The summed E-state index contributed by atoms with van der Waals surface area (Å²) in [6.45, 7) is 4.21. The molecule has 3 aromatic carbocycles. The van der Waals surface area contributed by atoms with Gasteiger partial charge in [0.25, 0.3) is 5.91 Å². The Kier molecular flexibility index (Phi) is 5.42. The lowest BCUT2D eigenvalue weighted by molar-refractivity contribution is -0.127. The number of hydrogen-bond donors (Lipinski definition) is 1. The summed E-state index contributed by atoms with van der Waals surface area (Å²) < 4.78 is 11.0. The number of amides is 1. The van der Waals surface area contributed by atoms with Crippen LogP contribution in [-0.2, 0) is 11.3 Å². The van der Waals surface area contributed by atoms with Gasteiger partial charge in [0.1, 0.15) is 11.5 Å². The molecule has 4 nitrogen and oxygen atoms in total. The molecule has 4 heteroatoms. The first-order valence-corrected chi connectivity index (χ1v) is 8.63. The topological polar surface area (TPSA) is 47.6 Å². The first-order chi connectivity index (χ1) is 12.5. The highest BCUT2D eigenvalue weighted by atomic mass is 16.5. The quantitative estimate of drug-likeness (QED) is 0.724. The van der Waals surface area contributed by atoms with Gasteiger partial charge in [-0.3, -0.25) is 4.79 Å². The van der Waals surface area contributed by atoms with E-state index < -0.39 is 6.10 Å². The maximum Gasteiger partial charge on any atom is 0.261 e. The normalized spacial score (nSPS) is 11.8. The molecule has 26 heavy (non-hydrogen) atoms. The van der Waals surface area contributed by atoms with Crippen LogP contribution in [0.2, 0.25) is 0 Å². The third-order valence-electron chi connectivity index (χ3n) is 4.25. The highest BCUT2D eigenvalue weighted by Crippen LogP contribution is 2.22. The van der Waals surface area contributed by atoms with Crippen LogP contribution in [0.4, 0.5) is 0 Å². The first kappa shape index (κ1) is 17.8. The largest absolute Gasteiger partial charge is 0.497 e. The minimum atomic E-state index is -0.554. The summed E-state index contributed by atoms with van der Waals surface area (Å²) in [5.41, 5.74) is 2.14. The van der Waals surface area contributed by atoms with Gasteiger partial charge in [-0.2, -0.15) is 0 Å². The van der Waals surface area contributed by atoms with E-state index in [2.05, 4.69) is 11.4 Å². The molecule has 0 saturated heterocycles. The van der Waals surface area contributed by atoms with E-state index in [-0.39, 0.29) is 5.91 Å². The van der Waals surface area contributed by atoms with Crippen LogP contribution in [0.5, 0.6) is 11.5 Å². The maximum atomic E-state index is 12.3. The van der Waals surface area contributed by atoms with Crippen molar-refractivity contribution in [2.24, 2.45) is 0 Å². The standard InChI is InChI=1S/C22H23NO3/c1-15-5-4-6-21(11-15)26-16(2)22(24)23-14-17-7-8-19-13-20(25-3)10-9-18(19)12-17/h4-13,16H,14H2,1-3H3,(H,23,24). The monoisotopic (exact) mass is 349 g/mol. The highest BCUT2D eigenvalue weighted by molar-refractivity contribution is 5.85. The number of aryl methyl sites for hydroxylation is 1. The van der Waals surface area contributed by atoms with Crippen LogP contribution in [0, 0.1) is 6.92 Å². The third-order valence-corrected chi connectivity index (χ3v) is 4.25. The summed E-state index contributed by atoms with van der Waals surface area (Å²) >= 11 is 0. The number of carbonyl (C=O) groups excluding carboxylic acids is 1. The fourth-order valence-electron chi connectivity index (χ4n) is 2.79. The van der Waals surface area contributed by atoms with Crippen molar-refractivity contribution in [3.8, 4) is 11.5 Å². The van der Waals surface area contributed by atoms with Gasteiger partial charge in [0, 0.05) is 6.54 Å². The van der Waals surface area contributed by atoms with Crippen LogP contribution in [0.15, 0.2) is 60.7 Å². The molecule has 3 aromatic rings. The Hall–Kier alpha value is -3.01. The maximum absolute atomic E-state index is 12.3. The molecule has 0 aliphatic rings. The molecule has 0 radical (unpaired) electrons. The fourth-order valence-corrected chi connectivity index (χ4v) is 2.79. The van der Waals surface area contributed by atoms with E-state index in [1.807, 2.05) is 61.5 Å². The highest BCUT2D eigenvalue weighted by Gasteiger charge is 2.14. The van der Waals surface area contributed by atoms with E-state index in [4.69, 9.17) is 9.47 Å². The smallest absolute Gasteiger partial charge is 0.261 e. The van der Waals surface area contributed by atoms with Crippen molar-refractivity contribution in [3.05, 3.63) is 71.8 Å². The zero-order valence-corrected chi connectivity index (χ0v) is 15.3. The Balaban J connectivity index is 1.60. The molecular formula is C22H23NO3. The molecule has 3 rings (SSSR count). The van der Waals surface area contributed by atoms with Gasteiger partial charge in [-0.05, 0) is 66.1 Å². The minimum Gasteiger partial charge on any atom is -0.497 e. The Bertz CT molecular complexity index is 920. The van der Waals surface area contributed by atoms with Crippen LogP contribution in [0.3, 0.4) is 0 Å². The molecule has 0 aromatic heterocycles. The van der Waals surface area contributed by atoms with E-state index in [9.17, 15) is 4.79 Å². The van der Waals surface area contributed by atoms with Crippen molar-refractivity contribution < 1.29 is 14.3 Å². The average Bonchev–Trinajstić information content (AvgIpc) is 2.65. The summed E-state index contributed by atoms with van der Waals surface area (Å²) in [6.07, 6.45) is -0.554. The molecular weight excluding hydrogens is 326 g/mol. The summed E-state index contributed by atoms with van der Waals surface area (Å²) in [4.78, 5) is 12.3. The van der Waals surface area contributed by atoms with Gasteiger partial charge in [-0.15, -0.1) is 0 Å². The summed E-state index contributed by atoms with van der Waals surface area (Å²) in [5, 5.41) is 5.15. The van der Waals surface area contributed by atoms with E-state index in [1.165, 1.54) is 0 Å². The Morgan fingerprint density at radius 1 is 1.00 bits per heavy atom. The SMILES string of the molecule is COc1ccc2cc(CNC(=O)C(C)Oc3cccc(C)c3)ccc2c1. The lowest BCUT2D eigenvalue weighted by atomic mass is 10.1. The Morgan fingerprint density at radius 3 is 2.54 bits per heavy atom. The molecule has 134 valence electrons. The van der Waals surface area contributed by atoms with Gasteiger partial charge in [0.15, 0.2) is 6.10 Å². The number of methoxy groups -OCH3 is 1. The van der Waals surface area contributed by atoms with Gasteiger partial charge >= 0.3 is 0 Å². The number of rotatable bonds is 6. The van der Waals surface area contributed by atoms with Gasteiger partial charge in [0.05, 0.1) is 7.11 Å². The van der Waals surface area contributed by atoms with Crippen LogP contribution >= 0.6 is 0 Å². The van der Waals surface area contributed by atoms with Crippen LogP contribution < -0.4 is 14.8 Å². The van der Waals surface area contributed by atoms with Crippen molar-refractivity contribution in [1.82, 2.24) is 5.32 Å². The van der Waals surface area contributed by atoms with Gasteiger partial charge in [-0.25, -0.2) is 0 Å². The Morgan fingerprint density at radius 2 is 1.77 bits per heavy atom. The number of nitrogens with one attached hydrogen (secondary N) is 1. The molecule has 1 N–H and O–H groups in total. The van der Waals surface area contributed by atoms with Crippen LogP contribution in [0.25, 0.3) is 10.8 Å². The van der Waals surface area contributed by atoms with Crippen LogP contribution in [-0.4, -0.2) is 19.1 Å². The Labute approximate surface area is 153 Å². The van der Waals surface area contributed by atoms with Gasteiger partial charge in [-0.1, -0.05) is 30.3 Å². The van der Waals surface area contributed by atoms with E-state index in [0.29, 0.717) is 12.3 Å². The van der Waals surface area contributed by atoms with Crippen molar-refractivity contribution in [1.29, 1.82) is 0 Å². The summed E-state index contributed by atoms with van der Waals surface area (Å²) in [5.74, 6) is 1.40. The molecule has 0 saturated carbocycles. The van der Waals surface area contributed by atoms with Crippen molar-refractivity contribution in [2.45, 2.75) is 26.5 Å². The molecule has 0 aliphatic carbocycles. The third kappa shape index (κ3) is 4.33. The van der Waals surface area contributed by atoms with Crippen molar-refractivity contribution in [3.63, 3.8) is 0 Å². The number of benzene rings is 3. The second kappa shape index (κ2) is 7.91. The molecule has 1 unspecified atom stereocenters. The zero-order chi connectivity index (χ0) is 18.5. The predicted octanol–water partition coefficient (Wildman–Crippen LogP) is 4.24. The van der Waals surface area contributed by atoms with Gasteiger partial charge in [0.2, 0.25) is 0 Å². The molecule has 0 heterocycles. The number of hydrogen-bond acceptors (Lipinski definition) is 3. The van der Waals surface area contributed by atoms with Gasteiger partial charge < -0.3 is 14.8 Å². The first-order valence-electron chi connectivity index (χ1n) is 8.63. The van der Waals surface area contributed by atoms with Crippen LogP contribution in [0.1, 0.15) is 18.1 Å². The van der Waals surface area contributed by atoms with E-state index in [1.54, 1.807) is 14.0 Å². The summed E-state index contributed by atoms with van der Waals surface area (Å²) in [6, 6.07) is 19.7. The minimum absolute atomic E-state index is 0.138. The fraction of sp³-hybridized carbons (Fsp3) is 0.227. The van der Waals surface area contributed by atoms with E-state index in [0.717, 1.165) is 27.6 Å². The molecule has 1 atom stereocenters. The second-order valence-corrected chi connectivity index (χ2v) is 6.34. The zero-order valence-electron chi connectivity index (χ0n) is 15.3. The molecule has 0 fully saturated rings. The van der Waals surface area contributed by atoms with Crippen molar-refractivity contribution >= 4 is 16.7 Å². The summed E-state index contributed by atoms with van der Waals surface area (Å²) in [7, 11) is 1.66. The molecule has 0 aliphatic heterocycles. The molecule has 0 bridgehead atoms. The van der Waals surface area contributed by atoms with Crippen molar-refractivity contribution in [2.75, 3.05) is 7.11 Å². The lowest BCUT2D eigenvalue weighted by Crippen LogP contribution is -2.35. The number of ether oxygens (including phenoxy) is 2. The predicted molar refractivity (Wildman–Crippen MR) is 104 cm³/mol. The average molecular weight is 349 g/mol. The number of fused-ring (bicyclic) bond motifs is 1.